The highest BCUT2D eigenvalue weighted by molar-refractivity contribution is 7.17. The van der Waals surface area contributed by atoms with Gasteiger partial charge in [-0.3, -0.25) is 5.32 Å². The molecule has 4 rings (SSSR count). The number of nitrogens with one attached hydrogen (secondary N) is 2. The van der Waals surface area contributed by atoms with Gasteiger partial charge in [0.05, 0.1) is 33.6 Å². The van der Waals surface area contributed by atoms with Crippen LogP contribution in [-0.2, 0) is 11.3 Å². The summed E-state index contributed by atoms with van der Waals surface area (Å²) >= 11 is 1.20. The molecule has 3 aromatic rings. The van der Waals surface area contributed by atoms with Crippen LogP contribution >= 0.6 is 11.3 Å². The lowest BCUT2D eigenvalue weighted by Crippen LogP contribution is -2.40. The minimum atomic E-state index is -0.396. The summed E-state index contributed by atoms with van der Waals surface area (Å²) in [5.41, 5.74) is 7.62. The number of thiazole rings is 1. The first kappa shape index (κ1) is 28.2. The Morgan fingerprint density at radius 2 is 1.77 bits per heavy atom. The Morgan fingerprint density at radius 1 is 1.08 bits per heavy atom. The number of hydrogen-bond acceptors (Lipinski definition) is 13. The summed E-state index contributed by atoms with van der Waals surface area (Å²) in [4.78, 5) is 28.8. The van der Waals surface area contributed by atoms with Gasteiger partial charge in [-0.1, -0.05) is 11.3 Å². The Labute approximate surface area is 231 Å². The van der Waals surface area contributed by atoms with Crippen molar-refractivity contribution in [2.24, 2.45) is 5.73 Å². The van der Waals surface area contributed by atoms with E-state index in [-0.39, 0.29) is 6.04 Å². The fourth-order valence-corrected chi connectivity index (χ4v) is 5.09. The van der Waals surface area contributed by atoms with E-state index in [4.69, 9.17) is 29.7 Å². The third-order valence-electron chi connectivity index (χ3n) is 6.25. The summed E-state index contributed by atoms with van der Waals surface area (Å²) in [5, 5.41) is 7.06. The molecule has 13 heteroatoms. The van der Waals surface area contributed by atoms with E-state index in [1.165, 1.54) is 11.3 Å². The van der Waals surface area contributed by atoms with Crippen molar-refractivity contribution in [3.63, 3.8) is 0 Å². The number of aryl methyl sites for hydroxylation is 1. The number of nitrogens with zero attached hydrogens (tertiary/aromatic N) is 4. The molecule has 0 unspecified atom stereocenters. The number of rotatable bonds is 11. The zero-order valence-electron chi connectivity index (χ0n) is 22.9. The quantitative estimate of drug-likeness (QED) is 0.295. The molecule has 3 heterocycles. The smallest absolute Gasteiger partial charge is 0.350 e. The molecule has 1 aliphatic heterocycles. The average molecular weight is 558 g/mol. The standard InChI is InChI=1S/C26H35N7O5S/c1-6-38-24(34)23-15(2)29-26(39-23)32-25-30-20(13-21(31-25)33-9-7-17(27)8-10-33)28-14-16-11-18(35-3)22(37-5)19(12-16)36-4/h11-13,17H,6-10,14,27H2,1-5H3,(H2,28,29,30,31,32). The van der Waals surface area contributed by atoms with Crippen molar-refractivity contribution in [1.82, 2.24) is 15.0 Å². The zero-order valence-corrected chi connectivity index (χ0v) is 23.7. The molecule has 12 nitrogen and oxygen atoms in total. The van der Waals surface area contributed by atoms with Gasteiger partial charge in [-0.2, -0.15) is 9.97 Å². The average Bonchev–Trinajstić information content (AvgIpc) is 3.31. The second-order valence-corrected chi connectivity index (χ2v) is 9.92. The number of nitrogens with two attached hydrogens (primary N) is 1. The summed E-state index contributed by atoms with van der Waals surface area (Å²) in [6.45, 7) is 5.88. The first-order valence-electron chi connectivity index (χ1n) is 12.7. The Bertz CT molecular complexity index is 1270. The van der Waals surface area contributed by atoms with Crippen LogP contribution in [0.3, 0.4) is 0 Å². The van der Waals surface area contributed by atoms with Gasteiger partial charge >= 0.3 is 5.97 Å². The Kier molecular flexibility index (Phi) is 9.25. The molecule has 39 heavy (non-hydrogen) atoms. The number of methoxy groups -OCH3 is 3. The van der Waals surface area contributed by atoms with E-state index in [1.54, 1.807) is 35.2 Å². The Morgan fingerprint density at radius 3 is 2.38 bits per heavy atom. The molecule has 0 spiro atoms. The molecule has 0 bridgehead atoms. The predicted octanol–water partition coefficient (Wildman–Crippen LogP) is 3.73. The Balaban J connectivity index is 1.60. The molecule has 210 valence electrons. The third kappa shape index (κ3) is 6.79. The molecule has 1 aliphatic rings. The van der Waals surface area contributed by atoms with E-state index in [2.05, 4.69) is 25.5 Å². The van der Waals surface area contributed by atoms with E-state index in [0.717, 1.165) is 37.3 Å². The molecule has 0 aliphatic carbocycles. The van der Waals surface area contributed by atoms with Crippen LogP contribution in [-0.4, -0.2) is 68.0 Å². The van der Waals surface area contributed by atoms with Gasteiger partial charge in [-0.15, -0.1) is 0 Å². The minimum Gasteiger partial charge on any atom is -0.493 e. The predicted molar refractivity (Wildman–Crippen MR) is 151 cm³/mol. The molecule has 2 aromatic heterocycles. The third-order valence-corrected chi connectivity index (χ3v) is 7.30. The fraction of sp³-hybridized carbons (Fsp3) is 0.462. The molecule has 0 atom stereocenters. The van der Waals surface area contributed by atoms with Gasteiger partial charge in [0.2, 0.25) is 11.7 Å². The number of hydrogen-bond donors (Lipinski definition) is 3. The number of carbonyl (C=O) groups is 1. The maximum absolute atomic E-state index is 12.3. The van der Waals surface area contributed by atoms with Gasteiger partial charge in [-0.25, -0.2) is 9.78 Å². The molecule has 0 amide bonds. The van der Waals surface area contributed by atoms with E-state index in [0.29, 0.717) is 57.9 Å². The van der Waals surface area contributed by atoms with Gasteiger partial charge < -0.3 is 34.9 Å². The van der Waals surface area contributed by atoms with E-state index in [9.17, 15) is 4.79 Å². The second kappa shape index (κ2) is 12.8. The molecular weight excluding hydrogens is 522 g/mol. The molecule has 0 radical (unpaired) electrons. The van der Waals surface area contributed by atoms with Gasteiger partial charge in [0, 0.05) is 31.7 Å². The largest absolute Gasteiger partial charge is 0.493 e. The highest BCUT2D eigenvalue weighted by Crippen LogP contribution is 2.38. The summed E-state index contributed by atoms with van der Waals surface area (Å²) < 4.78 is 21.5. The van der Waals surface area contributed by atoms with Crippen LogP contribution in [0.1, 0.15) is 40.7 Å². The van der Waals surface area contributed by atoms with Crippen molar-refractivity contribution in [2.75, 3.05) is 56.6 Å². The summed E-state index contributed by atoms with van der Waals surface area (Å²) in [6.07, 6.45) is 1.77. The van der Waals surface area contributed by atoms with Crippen LogP contribution in [0.2, 0.25) is 0 Å². The molecule has 0 saturated carbocycles. The lowest BCUT2D eigenvalue weighted by Gasteiger charge is -2.31. The highest BCUT2D eigenvalue weighted by Gasteiger charge is 2.21. The number of benzene rings is 1. The lowest BCUT2D eigenvalue weighted by atomic mass is 10.1. The van der Waals surface area contributed by atoms with Crippen molar-refractivity contribution >= 4 is 40.0 Å². The van der Waals surface area contributed by atoms with Crippen LogP contribution in [0.15, 0.2) is 18.2 Å². The lowest BCUT2D eigenvalue weighted by molar-refractivity contribution is 0.0531. The summed E-state index contributed by atoms with van der Waals surface area (Å²) in [6, 6.07) is 5.88. The maximum Gasteiger partial charge on any atom is 0.350 e. The van der Waals surface area contributed by atoms with Gasteiger partial charge in [0.15, 0.2) is 16.6 Å². The van der Waals surface area contributed by atoms with Gasteiger partial charge in [0.25, 0.3) is 0 Å². The molecule has 1 fully saturated rings. The first-order chi connectivity index (χ1) is 18.8. The first-order valence-corrected chi connectivity index (χ1v) is 13.5. The van der Waals surface area contributed by atoms with E-state index >= 15 is 0 Å². The summed E-state index contributed by atoms with van der Waals surface area (Å²) in [7, 11) is 4.74. The molecule has 1 aromatic carbocycles. The van der Waals surface area contributed by atoms with Crippen molar-refractivity contribution < 1.29 is 23.7 Å². The van der Waals surface area contributed by atoms with Crippen LogP contribution in [0.25, 0.3) is 0 Å². The zero-order chi connectivity index (χ0) is 27.9. The normalized spacial score (nSPS) is 13.6. The monoisotopic (exact) mass is 557 g/mol. The second-order valence-electron chi connectivity index (χ2n) is 8.93. The molecule has 4 N–H and O–H groups in total. The summed E-state index contributed by atoms with van der Waals surface area (Å²) in [5.74, 6) is 3.02. The van der Waals surface area contributed by atoms with Gasteiger partial charge in [0.1, 0.15) is 16.5 Å². The van der Waals surface area contributed by atoms with Crippen LogP contribution in [0, 0.1) is 6.92 Å². The number of esters is 1. The number of piperidine rings is 1. The number of carbonyl (C=O) groups excluding carboxylic acids is 1. The van der Waals surface area contributed by atoms with Crippen molar-refractivity contribution in [1.29, 1.82) is 0 Å². The van der Waals surface area contributed by atoms with Crippen molar-refractivity contribution in [3.05, 3.63) is 34.3 Å². The number of aromatic nitrogens is 3. The van der Waals surface area contributed by atoms with Crippen molar-refractivity contribution in [3.8, 4) is 17.2 Å². The Hall–Kier alpha value is -3.84. The highest BCUT2D eigenvalue weighted by atomic mass is 32.1. The number of anilines is 4. The van der Waals surface area contributed by atoms with E-state index < -0.39 is 5.97 Å². The van der Waals surface area contributed by atoms with Crippen LogP contribution < -0.4 is 35.5 Å². The van der Waals surface area contributed by atoms with E-state index in [1.807, 2.05) is 18.2 Å². The topological polar surface area (TPSA) is 146 Å². The molecule has 1 saturated heterocycles. The fourth-order valence-electron chi connectivity index (χ4n) is 4.23. The van der Waals surface area contributed by atoms with Crippen LogP contribution in [0.4, 0.5) is 22.7 Å². The van der Waals surface area contributed by atoms with Crippen LogP contribution in [0.5, 0.6) is 17.2 Å². The maximum atomic E-state index is 12.3. The SMILES string of the molecule is CCOC(=O)c1sc(Nc2nc(NCc3cc(OC)c(OC)c(OC)c3)cc(N3CCC(N)CC3)n2)nc1C. The number of ether oxygens (including phenoxy) is 4. The van der Waals surface area contributed by atoms with Gasteiger partial charge in [-0.05, 0) is 44.4 Å². The van der Waals surface area contributed by atoms with Crippen molar-refractivity contribution in [2.45, 2.75) is 39.3 Å². The molecular formula is C26H35N7O5S. The minimum absolute atomic E-state index is 0.193.